The number of ether oxygens (including phenoxy) is 2. The number of aromatic nitrogens is 5. The molecular weight excluding hydrogens is 318 g/mol. The first kappa shape index (κ1) is 13.9. The van der Waals surface area contributed by atoms with Crippen LogP contribution in [0.15, 0.2) is 54.9 Å². The first-order chi connectivity index (χ1) is 12.4. The van der Waals surface area contributed by atoms with Crippen LogP contribution in [0.3, 0.4) is 0 Å². The number of rotatable bonds is 2. The molecule has 0 atom stereocenters. The number of hydrogen-bond donors (Lipinski definition) is 0. The topological polar surface area (TPSA) is 74.4 Å². The summed E-state index contributed by atoms with van der Waals surface area (Å²) in [5.41, 5.74) is 2.50. The number of hydrogen-bond acceptors (Lipinski definition) is 6. The van der Waals surface area contributed by atoms with Gasteiger partial charge >= 0.3 is 0 Å². The van der Waals surface area contributed by atoms with Crippen LogP contribution < -0.4 is 9.47 Å². The van der Waals surface area contributed by atoms with E-state index in [0.29, 0.717) is 30.6 Å². The Labute approximate surface area is 142 Å². The van der Waals surface area contributed by atoms with Crippen LogP contribution in [-0.4, -0.2) is 37.8 Å². The predicted molar refractivity (Wildman–Crippen MR) is 90.4 cm³/mol. The van der Waals surface area contributed by atoms with Crippen molar-refractivity contribution < 1.29 is 9.47 Å². The number of nitrogens with zero attached hydrogens (tertiary/aromatic N) is 5. The monoisotopic (exact) mass is 331 g/mol. The molecule has 25 heavy (non-hydrogen) atoms. The minimum absolute atomic E-state index is 0.521. The Balaban J connectivity index is 1.64. The predicted octanol–water partition coefficient (Wildman–Crippen LogP) is 2.62. The maximum Gasteiger partial charge on any atom is 0.253 e. The minimum Gasteiger partial charge on any atom is -0.486 e. The van der Waals surface area contributed by atoms with E-state index in [4.69, 9.17) is 9.47 Å². The summed E-state index contributed by atoms with van der Waals surface area (Å²) in [5, 5.41) is 4.61. The Hall–Kier alpha value is -3.48. The molecule has 0 amide bonds. The Morgan fingerprint density at radius 1 is 0.880 bits per heavy atom. The molecule has 3 aromatic heterocycles. The third kappa shape index (κ3) is 2.37. The van der Waals surface area contributed by atoms with Gasteiger partial charge in [0.1, 0.15) is 13.2 Å². The quantitative estimate of drug-likeness (QED) is 0.562. The molecule has 5 rings (SSSR count). The lowest BCUT2D eigenvalue weighted by atomic mass is 10.2. The highest BCUT2D eigenvalue weighted by molar-refractivity contribution is 5.64. The summed E-state index contributed by atoms with van der Waals surface area (Å²) in [6, 6.07) is 13.3. The molecule has 1 aromatic carbocycles. The van der Waals surface area contributed by atoms with Crippen LogP contribution in [0.4, 0.5) is 0 Å². The number of pyridine rings is 1. The zero-order valence-electron chi connectivity index (χ0n) is 13.2. The average molecular weight is 331 g/mol. The van der Waals surface area contributed by atoms with Gasteiger partial charge in [-0.3, -0.25) is 4.98 Å². The van der Waals surface area contributed by atoms with Gasteiger partial charge in [0, 0.05) is 18.0 Å². The third-order valence-electron chi connectivity index (χ3n) is 3.97. The van der Waals surface area contributed by atoms with Gasteiger partial charge in [-0.1, -0.05) is 6.07 Å². The largest absolute Gasteiger partial charge is 0.486 e. The smallest absolute Gasteiger partial charge is 0.253 e. The fourth-order valence-corrected chi connectivity index (χ4v) is 2.81. The van der Waals surface area contributed by atoms with Crippen LogP contribution in [-0.2, 0) is 0 Å². The van der Waals surface area contributed by atoms with Crippen LogP contribution in [0.5, 0.6) is 11.5 Å². The zero-order chi connectivity index (χ0) is 16.6. The van der Waals surface area contributed by atoms with Gasteiger partial charge in [-0.2, -0.15) is 9.50 Å². The van der Waals surface area contributed by atoms with Crippen LogP contribution in [0, 0.1) is 0 Å². The van der Waals surface area contributed by atoms with E-state index in [1.807, 2.05) is 42.5 Å². The van der Waals surface area contributed by atoms with Gasteiger partial charge in [0.25, 0.3) is 5.78 Å². The van der Waals surface area contributed by atoms with Crippen LogP contribution in [0.1, 0.15) is 0 Å². The van der Waals surface area contributed by atoms with E-state index < -0.39 is 0 Å². The van der Waals surface area contributed by atoms with E-state index in [1.54, 1.807) is 16.9 Å². The van der Waals surface area contributed by atoms with Crippen LogP contribution in [0.2, 0.25) is 0 Å². The molecule has 0 N–H and O–H groups in total. The molecule has 7 nitrogen and oxygen atoms in total. The van der Waals surface area contributed by atoms with Gasteiger partial charge in [0.05, 0.1) is 11.4 Å². The number of benzene rings is 1. The van der Waals surface area contributed by atoms with Crippen molar-refractivity contribution in [3.05, 3.63) is 54.9 Å². The maximum atomic E-state index is 5.64. The SMILES string of the molecule is c1ccc(-c2ccnc3nc(-c4ccc5c(c4)OCCO5)nn23)nc1. The lowest BCUT2D eigenvalue weighted by molar-refractivity contribution is 0.171. The minimum atomic E-state index is 0.521. The second kappa shape index (κ2) is 5.55. The summed E-state index contributed by atoms with van der Waals surface area (Å²) in [6.45, 7) is 1.11. The molecule has 0 unspecified atom stereocenters. The molecule has 0 radical (unpaired) electrons. The Bertz CT molecular complexity index is 1060. The zero-order valence-corrected chi connectivity index (χ0v) is 13.2. The van der Waals surface area contributed by atoms with Crippen molar-refractivity contribution in [1.82, 2.24) is 24.6 Å². The van der Waals surface area contributed by atoms with Gasteiger partial charge in [0.2, 0.25) is 0 Å². The van der Waals surface area contributed by atoms with Crippen molar-refractivity contribution in [3.63, 3.8) is 0 Å². The van der Waals surface area contributed by atoms with Gasteiger partial charge in [-0.05, 0) is 36.4 Å². The van der Waals surface area contributed by atoms with Crippen molar-refractivity contribution in [3.8, 4) is 34.3 Å². The van der Waals surface area contributed by atoms with Gasteiger partial charge in [-0.25, -0.2) is 4.98 Å². The van der Waals surface area contributed by atoms with E-state index in [2.05, 4.69) is 20.1 Å². The number of fused-ring (bicyclic) bond motifs is 2. The molecule has 7 heteroatoms. The summed E-state index contributed by atoms with van der Waals surface area (Å²) >= 11 is 0. The molecule has 0 saturated carbocycles. The van der Waals surface area contributed by atoms with Crippen molar-refractivity contribution in [2.75, 3.05) is 13.2 Å². The van der Waals surface area contributed by atoms with Crippen molar-refractivity contribution >= 4 is 5.78 Å². The molecule has 1 aliphatic rings. The first-order valence-electron chi connectivity index (χ1n) is 7.92. The molecule has 0 aliphatic carbocycles. The highest BCUT2D eigenvalue weighted by atomic mass is 16.6. The lowest BCUT2D eigenvalue weighted by Gasteiger charge is -2.18. The molecule has 0 bridgehead atoms. The molecule has 0 spiro atoms. The summed E-state index contributed by atoms with van der Waals surface area (Å²) in [7, 11) is 0. The first-order valence-corrected chi connectivity index (χ1v) is 7.92. The highest BCUT2D eigenvalue weighted by Crippen LogP contribution is 2.33. The second-order valence-corrected chi connectivity index (χ2v) is 5.55. The molecule has 4 heterocycles. The second-order valence-electron chi connectivity index (χ2n) is 5.55. The molecule has 0 fully saturated rings. The van der Waals surface area contributed by atoms with E-state index >= 15 is 0 Å². The van der Waals surface area contributed by atoms with Gasteiger partial charge in [0.15, 0.2) is 17.3 Å². The van der Waals surface area contributed by atoms with Crippen molar-refractivity contribution in [2.24, 2.45) is 0 Å². The molecule has 122 valence electrons. The molecule has 1 aliphatic heterocycles. The Morgan fingerprint density at radius 2 is 1.80 bits per heavy atom. The Morgan fingerprint density at radius 3 is 2.68 bits per heavy atom. The third-order valence-corrected chi connectivity index (χ3v) is 3.97. The van der Waals surface area contributed by atoms with Crippen LogP contribution >= 0.6 is 0 Å². The summed E-state index contributed by atoms with van der Waals surface area (Å²) < 4.78 is 12.9. The molecule has 4 aromatic rings. The highest BCUT2D eigenvalue weighted by Gasteiger charge is 2.16. The van der Waals surface area contributed by atoms with Crippen LogP contribution in [0.25, 0.3) is 28.6 Å². The fourth-order valence-electron chi connectivity index (χ4n) is 2.81. The van der Waals surface area contributed by atoms with Gasteiger partial charge in [-0.15, -0.1) is 5.10 Å². The van der Waals surface area contributed by atoms with E-state index in [9.17, 15) is 0 Å². The molecular formula is C18H13N5O2. The summed E-state index contributed by atoms with van der Waals surface area (Å²) in [5.74, 6) is 2.55. The summed E-state index contributed by atoms with van der Waals surface area (Å²) in [6.07, 6.45) is 3.46. The lowest BCUT2D eigenvalue weighted by Crippen LogP contribution is -2.15. The fraction of sp³-hybridized carbons (Fsp3) is 0.111. The normalized spacial score (nSPS) is 13.1. The average Bonchev–Trinajstić information content (AvgIpc) is 3.12. The molecule has 0 saturated heterocycles. The van der Waals surface area contributed by atoms with Crippen molar-refractivity contribution in [2.45, 2.75) is 0 Å². The van der Waals surface area contributed by atoms with E-state index in [-0.39, 0.29) is 0 Å². The maximum absolute atomic E-state index is 5.64. The standard InChI is InChI=1S/C18H13N5O2/c1-2-7-19-13(3-1)14-6-8-20-18-21-17(22-23(14)18)12-4-5-15-16(11-12)25-10-9-24-15/h1-8,11H,9-10H2. The van der Waals surface area contributed by atoms with E-state index in [0.717, 1.165) is 22.7 Å². The van der Waals surface area contributed by atoms with E-state index in [1.165, 1.54) is 0 Å². The Kier molecular flexibility index (Phi) is 3.09. The summed E-state index contributed by atoms with van der Waals surface area (Å²) in [4.78, 5) is 13.2. The van der Waals surface area contributed by atoms with Gasteiger partial charge < -0.3 is 9.47 Å². The van der Waals surface area contributed by atoms with Crippen molar-refractivity contribution in [1.29, 1.82) is 0 Å².